The Morgan fingerprint density at radius 1 is 1.45 bits per heavy atom. The third-order valence-corrected chi connectivity index (χ3v) is 5.22. The van der Waals surface area contributed by atoms with Crippen LogP contribution in [0.1, 0.15) is 51.3 Å². The number of H-pyrrole nitrogens is 1. The van der Waals surface area contributed by atoms with Crippen molar-refractivity contribution in [2.75, 3.05) is 13.2 Å². The van der Waals surface area contributed by atoms with Crippen molar-refractivity contribution in [3.63, 3.8) is 0 Å². The van der Waals surface area contributed by atoms with Gasteiger partial charge in [0.2, 0.25) is 0 Å². The molecule has 2 saturated carbocycles. The second-order valence-electron chi connectivity index (χ2n) is 6.27. The Bertz CT molecular complexity index is 398. The summed E-state index contributed by atoms with van der Waals surface area (Å²) < 4.78 is 5.96. The van der Waals surface area contributed by atoms with Gasteiger partial charge in [-0.3, -0.25) is 0 Å². The molecule has 0 saturated heterocycles. The quantitative estimate of drug-likeness (QED) is 0.753. The Morgan fingerprint density at radius 3 is 3.00 bits per heavy atom. The van der Waals surface area contributed by atoms with Crippen LogP contribution < -0.4 is 5.32 Å². The van der Waals surface area contributed by atoms with Crippen LogP contribution in [0.4, 0.5) is 0 Å². The van der Waals surface area contributed by atoms with E-state index < -0.39 is 0 Å². The van der Waals surface area contributed by atoms with Gasteiger partial charge >= 0.3 is 0 Å². The number of aryl methyl sites for hydroxylation is 1. The van der Waals surface area contributed by atoms with Crippen LogP contribution in [0.15, 0.2) is 12.4 Å². The van der Waals surface area contributed by atoms with E-state index in [0.29, 0.717) is 17.6 Å². The second kappa shape index (κ2) is 6.27. The minimum absolute atomic E-state index is 0.459. The summed E-state index contributed by atoms with van der Waals surface area (Å²) in [5.41, 5.74) is 0.459. The Hall–Kier alpha value is -0.870. The normalized spacial score (nSPS) is 27.9. The van der Waals surface area contributed by atoms with Gasteiger partial charge in [0.05, 0.1) is 6.10 Å². The molecule has 2 fully saturated rings. The summed E-state index contributed by atoms with van der Waals surface area (Å²) in [5, 5.41) is 3.78. The first-order valence-electron chi connectivity index (χ1n) is 8.18. The minimum Gasteiger partial charge on any atom is -0.378 e. The van der Waals surface area contributed by atoms with Crippen LogP contribution in [0.5, 0.6) is 0 Å². The lowest BCUT2D eigenvalue weighted by Crippen LogP contribution is -2.62. The molecule has 1 aromatic rings. The Morgan fingerprint density at radius 2 is 2.30 bits per heavy atom. The molecule has 2 unspecified atom stereocenters. The molecule has 3 rings (SSSR count). The van der Waals surface area contributed by atoms with E-state index in [1.165, 1.54) is 32.1 Å². The van der Waals surface area contributed by atoms with Crippen molar-refractivity contribution in [1.29, 1.82) is 0 Å². The Balaban J connectivity index is 1.43. The van der Waals surface area contributed by atoms with Gasteiger partial charge in [-0.05, 0) is 39.2 Å². The number of aromatic amines is 1. The fourth-order valence-electron chi connectivity index (χ4n) is 4.14. The van der Waals surface area contributed by atoms with Crippen molar-refractivity contribution in [3.05, 3.63) is 18.2 Å². The topological polar surface area (TPSA) is 49.9 Å². The van der Waals surface area contributed by atoms with Crippen molar-refractivity contribution < 1.29 is 4.74 Å². The highest BCUT2D eigenvalue weighted by Gasteiger charge is 2.56. The third-order valence-electron chi connectivity index (χ3n) is 5.22. The predicted octanol–water partition coefficient (Wildman–Crippen LogP) is 2.67. The van der Waals surface area contributed by atoms with E-state index >= 15 is 0 Å². The minimum atomic E-state index is 0.459. The van der Waals surface area contributed by atoms with Crippen molar-refractivity contribution >= 4 is 0 Å². The number of aromatic nitrogens is 2. The first kappa shape index (κ1) is 14.1. The smallest absolute Gasteiger partial charge is 0.106 e. The number of nitrogens with one attached hydrogen (secondary N) is 2. The van der Waals surface area contributed by atoms with E-state index in [2.05, 4.69) is 22.2 Å². The number of nitrogens with zero attached hydrogens (tertiary/aromatic N) is 1. The maximum atomic E-state index is 5.96. The summed E-state index contributed by atoms with van der Waals surface area (Å²) in [5.74, 6) is 1.10. The van der Waals surface area contributed by atoms with E-state index in [1.807, 2.05) is 12.4 Å². The van der Waals surface area contributed by atoms with Gasteiger partial charge in [-0.15, -0.1) is 0 Å². The largest absolute Gasteiger partial charge is 0.378 e. The molecule has 1 heterocycles. The number of imidazole rings is 1. The maximum absolute atomic E-state index is 5.96. The van der Waals surface area contributed by atoms with Crippen molar-refractivity contribution in [1.82, 2.24) is 15.3 Å². The summed E-state index contributed by atoms with van der Waals surface area (Å²) in [6.45, 7) is 4.07. The molecule has 2 N–H and O–H groups in total. The van der Waals surface area contributed by atoms with Gasteiger partial charge in [-0.25, -0.2) is 4.98 Å². The van der Waals surface area contributed by atoms with Crippen molar-refractivity contribution in [2.45, 2.75) is 64.0 Å². The van der Waals surface area contributed by atoms with E-state index in [-0.39, 0.29) is 0 Å². The number of rotatable bonds is 7. The first-order valence-corrected chi connectivity index (χ1v) is 8.18. The van der Waals surface area contributed by atoms with Gasteiger partial charge in [0.1, 0.15) is 5.82 Å². The monoisotopic (exact) mass is 277 g/mol. The fraction of sp³-hybridized carbons (Fsp3) is 0.812. The highest BCUT2D eigenvalue weighted by molar-refractivity contribution is 5.09. The summed E-state index contributed by atoms with van der Waals surface area (Å²) >= 11 is 0. The molecule has 0 amide bonds. The van der Waals surface area contributed by atoms with E-state index in [9.17, 15) is 0 Å². The Kier molecular flexibility index (Phi) is 4.41. The van der Waals surface area contributed by atoms with Gasteiger partial charge in [0.15, 0.2) is 0 Å². The molecule has 1 spiro atoms. The number of hydrogen-bond acceptors (Lipinski definition) is 3. The zero-order valence-electron chi connectivity index (χ0n) is 12.5. The zero-order valence-corrected chi connectivity index (χ0v) is 12.5. The van der Waals surface area contributed by atoms with Crippen molar-refractivity contribution in [2.24, 2.45) is 5.41 Å². The average molecular weight is 277 g/mol. The lowest BCUT2D eigenvalue weighted by molar-refractivity contribution is -0.130. The molecule has 2 atom stereocenters. The summed E-state index contributed by atoms with van der Waals surface area (Å²) in [6, 6.07) is 0.679. The zero-order chi connectivity index (χ0) is 13.8. The van der Waals surface area contributed by atoms with E-state index in [1.54, 1.807) is 0 Å². The molecule has 112 valence electrons. The lowest BCUT2D eigenvalue weighted by atomic mass is 9.60. The lowest BCUT2D eigenvalue weighted by Gasteiger charge is -2.54. The summed E-state index contributed by atoms with van der Waals surface area (Å²) in [7, 11) is 0. The Labute approximate surface area is 121 Å². The van der Waals surface area contributed by atoms with E-state index in [0.717, 1.165) is 31.8 Å². The van der Waals surface area contributed by atoms with Crippen LogP contribution in [-0.4, -0.2) is 35.3 Å². The van der Waals surface area contributed by atoms with Crippen LogP contribution >= 0.6 is 0 Å². The SMILES string of the molecule is CCOC1CC(NCCCc2ncc[nH]2)C12CCCC2. The molecule has 4 nitrogen and oxygen atoms in total. The van der Waals surface area contributed by atoms with Crippen LogP contribution in [-0.2, 0) is 11.2 Å². The molecular formula is C16H27N3O. The molecule has 2 aliphatic carbocycles. The van der Waals surface area contributed by atoms with Gasteiger partial charge in [0, 0.05) is 36.9 Å². The average Bonchev–Trinajstić information content (AvgIpc) is 3.12. The molecule has 0 radical (unpaired) electrons. The van der Waals surface area contributed by atoms with Crippen LogP contribution in [0.25, 0.3) is 0 Å². The number of hydrogen-bond donors (Lipinski definition) is 2. The van der Waals surface area contributed by atoms with Gasteiger partial charge in [-0.1, -0.05) is 12.8 Å². The number of ether oxygens (including phenoxy) is 1. The summed E-state index contributed by atoms with van der Waals surface area (Å²) in [4.78, 5) is 7.44. The fourth-order valence-corrected chi connectivity index (χ4v) is 4.14. The van der Waals surface area contributed by atoms with Crippen LogP contribution in [0.3, 0.4) is 0 Å². The molecule has 0 aliphatic heterocycles. The summed E-state index contributed by atoms with van der Waals surface area (Å²) in [6.07, 6.45) is 13.1. The van der Waals surface area contributed by atoms with Crippen molar-refractivity contribution in [3.8, 4) is 0 Å². The maximum Gasteiger partial charge on any atom is 0.106 e. The molecular weight excluding hydrogens is 250 g/mol. The van der Waals surface area contributed by atoms with Gasteiger partial charge < -0.3 is 15.0 Å². The predicted molar refractivity (Wildman–Crippen MR) is 79.6 cm³/mol. The van der Waals surface area contributed by atoms with Gasteiger partial charge in [0.25, 0.3) is 0 Å². The molecule has 20 heavy (non-hydrogen) atoms. The highest BCUT2D eigenvalue weighted by Crippen LogP contribution is 2.54. The van der Waals surface area contributed by atoms with Crippen LogP contribution in [0.2, 0.25) is 0 Å². The van der Waals surface area contributed by atoms with Gasteiger partial charge in [-0.2, -0.15) is 0 Å². The first-order chi connectivity index (χ1) is 9.85. The van der Waals surface area contributed by atoms with Crippen LogP contribution in [0, 0.1) is 5.41 Å². The molecule has 0 aromatic carbocycles. The third kappa shape index (κ3) is 2.63. The van der Waals surface area contributed by atoms with E-state index in [4.69, 9.17) is 4.74 Å². The molecule has 0 bridgehead atoms. The molecule has 4 heteroatoms. The standard InChI is InChI=1S/C16H27N3O/c1-2-20-14-12-13(16(14)7-3-4-8-16)17-9-5-6-15-18-10-11-19-15/h10-11,13-14,17H,2-9,12H2,1H3,(H,18,19). The highest BCUT2D eigenvalue weighted by atomic mass is 16.5. The second-order valence-corrected chi connectivity index (χ2v) is 6.27. The molecule has 1 aromatic heterocycles. The molecule has 2 aliphatic rings.